The first-order valence-corrected chi connectivity index (χ1v) is 16.5. The number of esters is 1. The molecule has 5 rings (SSSR count). The van der Waals surface area contributed by atoms with Crippen LogP contribution >= 0.6 is 0 Å². The molecule has 1 aromatic carbocycles. The summed E-state index contributed by atoms with van der Waals surface area (Å²) in [6.07, 6.45) is 6.16. The van der Waals surface area contributed by atoms with Crippen LogP contribution in [0.4, 0.5) is 9.18 Å². The van der Waals surface area contributed by atoms with Crippen LogP contribution in [0.2, 0.25) is 0 Å². The van der Waals surface area contributed by atoms with Crippen LogP contribution in [0.5, 0.6) is 0 Å². The number of hydrogen-bond donors (Lipinski definition) is 2. The number of ether oxygens (including phenoxy) is 2. The van der Waals surface area contributed by atoms with Crippen LogP contribution < -0.4 is 0 Å². The smallest absolute Gasteiger partial charge is 0.407 e. The van der Waals surface area contributed by atoms with Gasteiger partial charge >= 0.3 is 12.1 Å². The molecule has 2 N–H and O–H groups in total. The van der Waals surface area contributed by atoms with E-state index in [1.54, 1.807) is 4.68 Å². The highest BCUT2D eigenvalue weighted by Crippen LogP contribution is 2.32. The van der Waals surface area contributed by atoms with Gasteiger partial charge in [0.1, 0.15) is 11.6 Å². The number of aliphatic hydroxyl groups is 1. The summed E-state index contributed by atoms with van der Waals surface area (Å²) >= 11 is 0. The molecule has 2 fully saturated rings. The van der Waals surface area contributed by atoms with E-state index >= 15 is 4.39 Å². The second-order valence-electron chi connectivity index (χ2n) is 13.5. The SMILES string of the molecule is C/C(=C\c1cc(F)c2nnn(CC3CCOCC3)c2c1)[C@H]1OC(=O)C[C@H](O)CC[C@H](C)[C@@H](C2CN(C)CCN2C(=O)O)/C=C/[C@@H]1C. The van der Waals surface area contributed by atoms with Crippen LogP contribution in [-0.4, -0.2) is 105 Å². The highest BCUT2D eigenvalue weighted by atomic mass is 19.1. The topological polar surface area (TPSA) is 130 Å². The van der Waals surface area contributed by atoms with Crippen molar-refractivity contribution < 1.29 is 33.7 Å². The Morgan fingerprint density at radius 1 is 1.13 bits per heavy atom. The number of likely N-dealkylation sites (N-methyl/N-ethyl adjacent to an activating group) is 1. The predicted octanol–water partition coefficient (Wildman–Crippen LogP) is 4.60. The van der Waals surface area contributed by atoms with Crippen molar-refractivity contribution in [2.75, 3.05) is 39.9 Å². The zero-order valence-electron chi connectivity index (χ0n) is 27.3. The Balaban J connectivity index is 1.45. The van der Waals surface area contributed by atoms with Crippen molar-refractivity contribution in [3.63, 3.8) is 0 Å². The van der Waals surface area contributed by atoms with E-state index in [2.05, 4.69) is 28.2 Å². The minimum Gasteiger partial charge on any atom is -0.465 e. The number of halogens is 1. The average molecular weight is 642 g/mol. The second-order valence-corrected chi connectivity index (χ2v) is 13.5. The molecule has 1 unspecified atom stereocenters. The Bertz CT molecular complexity index is 1440. The van der Waals surface area contributed by atoms with Gasteiger partial charge < -0.3 is 29.5 Å². The van der Waals surface area contributed by atoms with Gasteiger partial charge in [-0.15, -0.1) is 5.10 Å². The first-order chi connectivity index (χ1) is 22.0. The summed E-state index contributed by atoms with van der Waals surface area (Å²) in [6, 6.07) is 3.03. The van der Waals surface area contributed by atoms with Gasteiger partial charge in [-0.25, -0.2) is 13.9 Å². The van der Waals surface area contributed by atoms with E-state index in [-0.39, 0.29) is 35.7 Å². The van der Waals surface area contributed by atoms with Crippen LogP contribution in [-0.2, 0) is 20.8 Å². The zero-order valence-corrected chi connectivity index (χ0v) is 27.3. The molecule has 1 aromatic heterocycles. The summed E-state index contributed by atoms with van der Waals surface area (Å²) in [6.45, 7) is 9.64. The minimum atomic E-state index is -0.933. The maximum atomic E-state index is 15.2. The summed E-state index contributed by atoms with van der Waals surface area (Å²) in [7, 11) is 2.00. The van der Waals surface area contributed by atoms with Crippen LogP contribution in [0.3, 0.4) is 0 Å². The molecule has 12 heteroatoms. The van der Waals surface area contributed by atoms with Crippen molar-refractivity contribution >= 4 is 29.2 Å². The Morgan fingerprint density at radius 2 is 1.89 bits per heavy atom. The number of aliphatic hydroxyl groups excluding tert-OH is 1. The van der Waals surface area contributed by atoms with E-state index in [4.69, 9.17) is 9.47 Å². The molecular weight excluding hydrogens is 593 g/mol. The van der Waals surface area contributed by atoms with Crippen LogP contribution in [0.15, 0.2) is 29.9 Å². The Labute approximate surface area is 270 Å². The molecule has 0 bridgehead atoms. The number of rotatable bonds is 5. The quantitative estimate of drug-likeness (QED) is 0.356. The number of amides is 1. The van der Waals surface area contributed by atoms with Gasteiger partial charge in [0.2, 0.25) is 0 Å². The summed E-state index contributed by atoms with van der Waals surface area (Å²) in [5.74, 6) is -0.907. The fraction of sp³-hybridized carbons (Fsp3) is 0.647. The highest BCUT2D eigenvalue weighted by molar-refractivity contribution is 5.79. The lowest BCUT2D eigenvalue weighted by Crippen LogP contribution is -2.57. The average Bonchev–Trinajstić information content (AvgIpc) is 3.41. The lowest BCUT2D eigenvalue weighted by molar-refractivity contribution is -0.151. The minimum absolute atomic E-state index is 0.0660. The maximum absolute atomic E-state index is 15.2. The van der Waals surface area contributed by atoms with Crippen molar-refractivity contribution in [2.24, 2.45) is 23.7 Å². The van der Waals surface area contributed by atoms with E-state index in [1.807, 2.05) is 39.1 Å². The lowest BCUT2D eigenvalue weighted by Gasteiger charge is -2.43. The van der Waals surface area contributed by atoms with Gasteiger partial charge in [0, 0.05) is 51.2 Å². The number of nitrogens with zero attached hydrogens (tertiary/aromatic N) is 5. The van der Waals surface area contributed by atoms with E-state index < -0.39 is 30.1 Å². The van der Waals surface area contributed by atoms with Crippen molar-refractivity contribution in [2.45, 2.75) is 77.7 Å². The van der Waals surface area contributed by atoms with Gasteiger partial charge in [-0.2, -0.15) is 0 Å². The largest absolute Gasteiger partial charge is 0.465 e. The fourth-order valence-electron chi connectivity index (χ4n) is 7.15. The molecule has 0 radical (unpaired) electrons. The highest BCUT2D eigenvalue weighted by Gasteiger charge is 2.37. The van der Waals surface area contributed by atoms with Crippen molar-refractivity contribution in [1.82, 2.24) is 24.8 Å². The predicted molar refractivity (Wildman–Crippen MR) is 171 cm³/mol. The number of fused-ring (bicyclic) bond motifs is 1. The monoisotopic (exact) mass is 641 g/mol. The third-order valence-corrected chi connectivity index (χ3v) is 9.91. The Hall–Kier alpha value is -3.35. The third kappa shape index (κ3) is 8.13. The molecule has 2 saturated heterocycles. The van der Waals surface area contributed by atoms with Crippen LogP contribution in [0, 0.1) is 29.5 Å². The molecule has 4 heterocycles. The molecule has 0 saturated carbocycles. The molecule has 2 aromatic rings. The first kappa shape index (κ1) is 34.0. The summed E-state index contributed by atoms with van der Waals surface area (Å²) in [5.41, 5.74) is 2.14. The third-order valence-electron chi connectivity index (χ3n) is 9.91. The van der Waals surface area contributed by atoms with Crippen molar-refractivity contribution in [3.8, 4) is 0 Å². The van der Waals surface area contributed by atoms with Crippen LogP contribution in [0.1, 0.15) is 58.4 Å². The van der Waals surface area contributed by atoms with Crippen molar-refractivity contribution in [3.05, 3.63) is 41.2 Å². The molecule has 0 spiro atoms. The standard InChI is InChI=1S/C34H48FN5O6/c1-21-5-7-26(41)18-31(42)46-33(22(2)6-8-27(21)30-20-38(4)11-12-39(30)34(43)44)23(3)15-25-16-28(35)32-29(17-25)40(37-36-32)19-24-9-13-45-14-10-24/h6,8,15-17,21-22,24,26-27,30,33,41H,5,7,9-14,18-20H2,1-4H3,(H,43,44)/b8-6+,23-15+/t21-,22-,26+,27-,30?,33-/m0/s1. The number of carbonyl (C=O) groups is 2. The Morgan fingerprint density at radius 3 is 2.63 bits per heavy atom. The number of hydrogen-bond acceptors (Lipinski definition) is 8. The van der Waals surface area contributed by atoms with Gasteiger partial charge in [0.15, 0.2) is 5.82 Å². The van der Waals surface area contributed by atoms with Gasteiger partial charge in [-0.3, -0.25) is 4.79 Å². The molecule has 252 valence electrons. The molecular formula is C34H48FN5O6. The lowest BCUT2D eigenvalue weighted by atomic mass is 9.80. The summed E-state index contributed by atoms with van der Waals surface area (Å²) in [4.78, 5) is 28.9. The maximum Gasteiger partial charge on any atom is 0.407 e. The van der Waals surface area contributed by atoms with Gasteiger partial charge in [-0.05, 0) is 74.8 Å². The molecule has 46 heavy (non-hydrogen) atoms. The van der Waals surface area contributed by atoms with E-state index in [0.29, 0.717) is 74.8 Å². The van der Waals surface area contributed by atoms with Gasteiger partial charge in [-0.1, -0.05) is 37.3 Å². The second kappa shape index (κ2) is 15.0. The van der Waals surface area contributed by atoms with E-state index in [9.17, 15) is 19.8 Å². The van der Waals surface area contributed by atoms with Gasteiger partial charge in [0.25, 0.3) is 0 Å². The van der Waals surface area contributed by atoms with Gasteiger partial charge in [0.05, 0.1) is 24.1 Å². The normalized spacial score (nSPS) is 30.4. The number of piperazine rings is 1. The number of aromatic nitrogens is 3. The molecule has 0 aliphatic carbocycles. The van der Waals surface area contributed by atoms with E-state index in [1.165, 1.54) is 11.0 Å². The van der Waals surface area contributed by atoms with E-state index in [0.717, 1.165) is 12.8 Å². The number of carboxylic acid groups (broad SMARTS) is 1. The summed E-state index contributed by atoms with van der Waals surface area (Å²) < 4.78 is 28.5. The molecule has 3 aliphatic rings. The molecule has 11 nitrogen and oxygen atoms in total. The van der Waals surface area contributed by atoms with Crippen LogP contribution in [0.25, 0.3) is 17.1 Å². The molecule has 6 atom stereocenters. The molecule has 3 aliphatic heterocycles. The number of benzene rings is 1. The first-order valence-electron chi connectivity index (χ1n) is 16.5. The number of cyclic esters (lactones) is 1. The van der Waals surface area contributed by atoms with Crippen molar-refractivity contribution in [1.29, 1.82) is 0 Å². The summed E-state index contributed by atoms with van der Waals surface area (Å²) in [5, 5.41) is 29.1. The molecule has 1 amide bonds. The Kier molecular flexibility index (Phi) is 11.1. The number of carbonyl (C=O) groups excluding carboxylic acids is 1. The zero-order chi connectivity index (χ0) is 33.0. The fourth-order valence-corrected chi connectivity index (χ4v) is 7.15.